The van der Waals surface area contributed by atoms with E-state index < -0.39 is 17.6 Å². The number of carbonyl (C=O) groups excluding carboxylic acids is 2. The lowest BCUT2D eigenvalue weighted by Crippen LogP contribution is -2.34. The molecule has 2 aromatic rings. The summed E-state index contributed by atoms with van der Waals surface area (Å²) in [7, 11) is 0. The van der Waals surface area contributed by atoms with Crippen molar-refractivity contribution in [3.05, 3.63) is 58.0 Å². The Kier molecular flexibility index (Phi) is 5.16. The highest BCUT2D eigenvalue weighted by Crippen LogP contribution is 2.04. The Bertz CT molecular complexity index is 639. The zero-order valence-electron chi connectivity index (χ0n) is 10.9. The van der Waals surface area contributed by atoms with Gasteiger partial charge in [-0.05, 0) is 35.7 Å². The molecule has 0 bridgehead atoms. The summed E-state index contributed by atoms with van der Waals surface area (Å²) >= 11 is 1.49. The van der Waals surface area contributed by atoms with Gasteiger partial charge in [-0.2, -0.15) is 5.10 Å². The molecule has 2 rings (SSSR count). The zero-order valence-corrected chi connectivity index (χ0v) is 11.7. The van der Waals surface area contributed by atoms with E-state index in [-0.39, 0.29) is 12.1 Å². The van der Waals surface area contributed by atoms with Crippen molar-refractivity contribution in [1.29, 1.82) is 0 Å². The fourth-order valence-corrected chi connectivity index (χ4v) is 2.02. The molecule has 0 saturated heterocycles. The van der Waals surface area contributed by atoms with Crippen molar-refractivity contribution in [3.63, 3.8) is 0 Å². The predicted molar refractivity (Wildman–Crippen MR) is 78.8 cm³/mol. The van der Waals surface area contributed by atoms with Crippen molar-refractivity contribution in [3.8, 4) is 0 Å². The molecule has 0 aliphatic carbocycles. The molecule has 5 nitrogen and oxygen atoms in total. The van der Waals surface area contributed by atoms with Crippen LogP contribution in [0.2, 0.25) is 0 Å². The first-order valence-corrected chi connectivity index (χ1v) is 6.92. The summed E-state index contributed by atoms with van der Waals surface area (Å²) in [6.07, 6.45) is 1.52. The van der Waals surface area contributed by atoms with Gasteiger partial charge in [0.05, 0.1) is 12.8 Å². The average Bonchev–Trinajstić information content (AvgIpc) is 2.99. The van der Waals surface area contributed by atoms with E-state index in [0.29, 0.717) is 0 Å². The van der Waals surface area contributed by atoms with Crippen LogP contribution in [0.4, 0.5) is 4.39 Å². The van der Waals surface area contributed by atoms with Gasteiger partial charge in [-0.15, -0.1) is 11.3 Å². The maximum Gasteiger partial charge on any atom is 0.259 e. The van der Waals surface area contributed by atoms with E-state index in [1.807, 2.05) is 17.5 Å². The normalized spacial score (nSPS) is 10.5. The molecule has 21 heavy (non-hydrogen) atoms. The molecule has 0 atom stereocenters. The zero-order chi connectivity index (χ0) is 15.1. The molecule has 7 heteroatoms. The third kappa shape index (κ3) is 4.81. The van der Waals surface area contributed by atoms with Crippen LogP contribution in [0.1, 0.15) is 15.2 Å². The van der Waals surface area contributed by atoms with Gasteiger partial charge in [0.25, 0.3) is 11.8 Å². The van der Waals surface area contributed by atoms with Crippen molar-refractivity contribution in [1.82, 2.24) is 10.7 Å². The topological polar surface area (TPSA) is 70.6 Å². The van der Waals surface area contributed by atoms with Crippen molar-refractivity contribution in [2.75, 3.05) is 6.54 Å². The molecule has 0 unspecified atom stereocenters. The van der Waals surface area contributed by atoms with Gasteiger partial charge in [0.1, 0.15) is 5.82 Å². The van der Waals surface area contributed by atoms with Gasteiger partial charge in [-0.3, -0.25) is 9.59 Å². The van der Waals surface area contributed by atoms with Crippen LogP contribution in [0.3, 0.4) is 0 Å². The highest BCUT2D eigenvalue weighted by Gasteiger charge is 2.07. The van der Waals surface area contributed by atoms with E-state index in [0.717, 1.165) is 4.88 Å². The summed E-state index contributed by atoms with van der Waals surface area (Å²) in [6, 6.07) is 8.78. The third-order valence-electron chi connectivity index (χ3n) is 2.44. The first kappa shape index (κ1) is 14.9. The molecule has 0 aliphatic heterocycles. The van der Waals surface area contributed by atoms with Crippen LogP contribution in [0.15, 0.2) is 46.9 Å². The number of nitrogens with zero attached hydrogens (tertiary/aromatic N) is 1. The summed E-state index contributed by atoms with van der Waals surface area (Å²) in [5.74, 6) is -1.32. The average molecular weight is 305 g/mol. The molecule has 2 amide bonds. The number of hydrogen-bond acceptors (Lipinski definition) is 4. The van der Waals surface area contributed by atoms with Crippen LogP contribution in [-0.4, -0.2) is 24.6 Å². The van der Waals surface area contributed by atoms with Gasteiger partial charge in [0.2, 0.25) is 0 Å². The van der Waals surface area contributed by atoms with E-state index in [1.165, 1.54) is 41.8 Å². The Hall–Kier alpha value is -2.54. The molecule has 1 aromatic heterocycles. The van der Waals surface area contributed by atoms with Crippen LogP contribution in [0.5, 0.6) is 0 Å². The summed E-state index contributed by atoms with van der Waals surface area (Å²) < 4.78 is 12.7. The Labute approximate surface area is 124 Å². The highest BCUT2D eigenvalue weighted by molar-refractivity contribution is 7.11. The molecule has 1 aromatic carbocycles. The number of rotatable bonds is 5. The quantitative estimate of drug-likeness (QED) is 0.653. The van der Waals surface area contributed by atoms with E-state index in [4.69, 9.17) is 0 Å². The summed E-state index contributed by atoms with van der Waals surface area (Å²) in [5, 5.41) is 8.07. The number of hydrazone groups is 1. The minimum atomic E-state index is -0.451. The van der Waals surface area contributed by atoms with Gasteiger partial charge >= 0.3 is 0 Å². The fraction of sp³-hybridized carbons (Fsp3) is 0.0714. The highest BCUT2D eigenvalue weighted by atomic mass is 32.1. The summed E-state index contributed by atoms with van der Waals surface area (Å²) in [5.41, 5.74) is 2.58. The maximum absolute atomic E-state index is 12.7. The summed E-state index contributed by atoms with van der Waals surface area (Å²) in [6.45, 7) is -0.210. The SMILES string of the molecule is O=C(CNC(=O)c1ccc(F)cc1)N/N=C/c1cccs1. The second kappa shape index (κ2) is 7.30. The van der Waals surface area contributed by atoms with Crippen LogP contribution in [-0.2, 0) is 4.79 Å². The first-order valence-electron chi connectivity index (χ1n) is 6.04. The van der Waals surface area contributed by atoms with Crippen molar-refractivity contribution in [2.45, 2.75) is 0 Å². The molecule has 1 heterocycles. The van der Waals surface area contributed by atoms with Gasteiger partial charge in [-0.25, -0.2) is 9.82 Å². The first-order chi connectivity index (χ1) is 10.1. The number of amides is 2. The largest absolute Gasteiger partial charge is 0.343 e. The van der Waals surface area contributed by atoms with Gasteiger partial charge < -0.3 is 5.32 Å². The van der Waals surface area contributed by atoms with E-state index >= 15 is 0 Å². The molecule has 0 spiro atoms. The molecular weight excluding hydrogens is 293 g/mol. The third-order valence-corrected chi connectivity index (χ3v) is 3.25. The smallest absolute Gasteiger partial charge is 0.259 e. The monoisotopic (exact) mass is 305 g/mol. The van der Waals surface area contributed by atoms with Gasteiger partial charge in [0.15, 0.2) is 0 Å². The van der Waals surface area contributed by atoms with Crippen molar-refractivity contribution < 1.29 is 14.0 Å². The molecule has 0 saturated carbocycles. The lowest BCUT2D eigenvalue weighted by molar-refractivity contribution is -0.120. The van der Waals surface area contributed by atoms with Crippen LogP contribution >= 0.6 is 11.3 Å². The lowest BCUT2D eigenvalue weighted by Gasteiger charge is -2.04. The van der Waals surface area contributed by atoms with E-state index in [1.54, 1.807) is 0 Å². The van der Waals surface area contributed by atoms with E-state index in [9.17, 15) is 14.0 Å². The Morgan fingerprint density at radius 1 is 1.24 bits per heavy atom. The molecule has 0 fully saturated rings. The number of carbonyl (C=O) groups is 2. The van der Waals surface area contributed by atoms with Gasteiger partial charge in [-0.1, -0.05) is 6.07 Å². The molecule has 108 valence electrons. The second-order valence-electron chi connectivity index (χ2n) is 4.00. The molecule has 0 radical (unpaired) electrons. The molecule has 0 aliphatic rings. The predicted octanol–water partition coefficient (Wildman–Crippen LogP) is 1.77. The minimum Gasteiger partial charge on any atom is -0.343 e. The molecule has 2 N–H and O–H groups in total. The number of thiophene rings is 1. The molecular formula is C14H12FN3O2S. The second-order valence-corrected chi connectivity index (χ2v) is 4.98. The Balaban J connectivity index is 1.76. The minimum absolute atomic E-state index is 0.210. The van der Waals surface area contributed by atoms with Crippen molar-refractivity contribution >= 4 is 29.4 Å². The summed E-state index contributed by atoms with van der Waals surface area (Å²) in [4.78, 5) is 24.0. The number of benzene rings is 1. The lowest BCUT2D eigenvalue weighted by atomic mass is 10.2. The maximum atomic E-state index is 12.7. The van der Waals surface area contributed by atoms with Crippen LogP contribution in [0.25, 0.3) is 0 Å². The van der Waals surface area contributed by atoms with Crippen LogP contribution in [0, 0.1) is 5.82 Å². The Morgan fingerprint density at radius 3 is 2.67 bits per heavy atom. The Morgan fingerprint density at radius 2 is 2.00 bits per heavy atom. The standard InChI is InChI=1S/C14H12FN3O2S/c15-11-5-3-10(4-6-11)14(20)16-9-13(19)18-17-8-12-2-1-7-21-12/h1-8H,9H2,(H,16,20)(H,18,19)/b17-8+. The number of nitrogens with one attached hydrogen (secondary N) is 2. The van der Waals surface area contributed by atoms with Gasteiger partial charge in [0, 0.05) is 10.4 Å². The fourth-order valence-electron chi connectivity index (χ4n) is 1.44. The number of halogens is 1. The van der Waals surface area contributed by atoms with Crippen LogP contribution < -0.4 is 10.7 Å². The van der Waals surface area contributed by atoms with E-state index in [2.05, 4.69) is 15.8 Å². The van der Waals surface area contributed by atoms with Crippen molar-refractivity contribution in [2.24, 2.45) is 5.10 Å². The number of hydrogen-bond donors (Lipinski definition) is 2.